The largest absolute Gasteiger partial charge is 0.498 e. The monoisotopic (exact) mass is 199 g/mol. The Morgan fingerprint density at radius 3 is 2.36 bits per heavy atom. The van der Waals surface area contributed by atoms with Crippen molar-refractivity contribution in [2.75, 3.05) is 6.61 Å². The van der Waals surface area contributed by atoms with Crippen molar-refractivity contribution in [2.24, 2.45) is 5.73 Å². The van der Waals surface area contributed by atoms with Gasteiger partial charge in [-0.1, -0.05) is 26.2 Å². The van der Waals surface area contributed by atoms with Crippen molar-refractivity contribution in [3.05, 3.63) is 11.3 Å². The molecule has 0 saturated heterocycles. The molecule has 0 heterocycles. The number of ether oxygens (including phenoxy) is 1. The lowest BCUT2D eigenvalue weighted by Crippen LogP contribution is -2.14. The van der Waals surface area contributed by atoms with Gasteiger partial charge in [0.15, 0.2) is 0 Å². The van der Waals surface area contributed by atoms with Crippen LogP contribution in [0.25, 0.3) is 0 Å². The fourth-order valence-electron chi connectivity index (χ4n) is 1.04. The molecule has 0 aliphatic carbocycles. The summed E-state index contributed by atoms with van der Waals surface area (Å²) in [6.07, 6.45) is 4.67. The average molecular weight is 199 g/mol. The highest BCUT2D eigenvalue weighted by atomic mass is 16.5. The molecule has 1 amide bonds. The van der Waals surface area contributed by atoms with Crippen LogP contribution in [-0.4, -0.2) is 12.5 Å². The van der Waals surface area contributed by atoms with Crippen molar-refractivity contribution in [3.63, 3.8) is 0 Å². The van der Waals surface area contributed by atoms with E-state index in [0.29, 0.717) is 17.9 Å². The minimum absolute atomic E-state index is 0.406. The van der Waals surface area contributed by atoms with Crippen LogP contribution in [0.15, 0.2) is 11.3 Å². The fraction of sp³-hybridized carbons (Fsp3) is 0.727. The molecule has 0 saturated carbocycles. The van der Waals surface area contributed by atoms with Crippen LogP contribution >= 0.6 is 0 Å². The smallest absolute Gasteiger partial charge is 0.247 e. The third kappa shape index (κ3) is 5.62. The molecule has 0 radical (unpaired) electrons. The number of nitrogens with two attached hydrogens (primary N) is 1. The quantitative estimate of drug-likeness (QED) is 0.389. The Balaban J connectivity index is 3.68. The van der Waals surface area contributed by atoms with E-state index in [1.54, 1.807) is 13.8 Å². The van der Waals surface area contributed by atoms with Crippen molar-refractivity contribution >= 4 is 5.91 Å². The first-order chi connectivity index (χ1) is 6.59. The Kier molecular flexibility index (Phi) is 6.89. The van der Waals surface area contributed by atoms with Gasteiger partial charge in [-0.25, -0.2) is 0 Å². The van der Waals surface area contributed by atoms with E-state index in [0.717, 1.165) is 6.42 Å². The number of amides is 1. The Labute approximate surface area is 86.3 Å². The third-order valence-corrected chi connectivity index (χ3v) is 2.21. The van der Waals surface area contributed by atoms with Crippen LogP contribution < -0.4 is 5.73 Å². The first-order valence-corrected chi connectivity index (χ1v) is 5.19. The molecule has 0 rings (SSSR count). The van der Waals surface area contributed by atoms with Gasteiger partial charge in [-0.15, -0.1) is 0 Å². The maximum Gasteiger partial charge on any atom is 0.247 e. The molecule has 0 bridgehead atoms. The van der Waals surface area contributed by atoms with Crippen molar-refractivity contribution in [1.29, 1.82) is 0 Å². The Bertz CT molecular complexity index is 209. The molecule has 0 aliphatic heterocycles. The minimum atomic E-state index is -0.406. The summed E-state index contributed by atoms with van der Waals surface area (Å²) in [5.74, 6) is 0.241. The topological polar surface area (TPSA) is 52.3 Å². The summed E-state index contributed by atoms with van der Waals surface area (Å²) in [4.78, 5) is 10.8. The molecular formula is C11H21NO2. The zero-order valence-electron chi connectivity index (χ0n) is 9.43. The molecule has 0 aliphatic rings. The second-order valence-corrected chi connectivity index (χ2v) is 3.45. The molecule has 0 aromatic rings. The van der Waals surface area contributed by atoms with Gasteiger partial charge < -0.3 is 10.5 Å². The predicted octanol–water partition coefficient (Wildman–Crippen LogP) is 2.36. The summed E-state index contributed by atoms with van der Waals surface area (Å²) < 4.78 is 5.39. The number of hydrogen-bond acceptors (Lipinski definition) is 2. The van der Waals surface area contributed by atoms with Gasteiger partial charge in [0.2, 0.25) is 5.91 Å². The Morgan fingerprint density at radius 1 is 1.21 bits per heavy atom. The summed E-state index contributed by atoms with van der Waals surface area (Å²) in [5.41, 5.74) is 5.63. The lowest BCUT2D eigenvalue weighted by atomic mass is 10.2. The molecule has 0 aromatic carbocycles. The molecule has 2 N–H and O–H groups in total. The molecular weight excluding hydrogens is 178 g/mol. The van der Waals surface area contributed by atoms with Crippen LogP contribution in [0.5, 0.6) is 0 Å². The number of unbranched alkanes of at least 4 members (excludes halogenated alkanes) is 3. The van der Waals surface area contributed by atoms with Crippen molar-refractivity contribution < 1.29 is 9.53 Å². The van der Waals surface area contributed by atoms with Crippen molar-refractivity contribution in [2.45, 2.75) is 46.5 Å². The van der Waals surface area contributed by atoms with E-state index in [1.807, 2.05) is 0 Å². The van der Waals surface area contributed by atoms with Gasteiger partial charge >= 0.3 is 0 Å². The van der Waals surface area contributed by atoms with Crippen LogP contribution in [0.1, 0.15) is 46.5 Å². The van der Waals surface area contributed by atoms with Gasteiger partial charge in [0.1, 0.15) is 5.76 Å². The minimum Gasteiger partial charge on any atom is -0.498 e. The fourth-order valence-corrected chi connectivity index (χ4v) is 1.04. The van der Waals surface area contributed by atoms with Gasteiger partial charge in [-0.2, -0.15) is 0 Å². The number of carbonyl (C=O) groups is 1. The normalized spacial score (nSPS) is 12.2. The van der Waals surface area contributed by atoms with Gasteiger partial charge in [-0.05, 0) is 20.3 Å². The molecule has 0 spiro atoms. The third-order valence-electron chi connectivity index (χ3n) is 2.21. The van der Waals surface area contributed by atoms with E-state index in [2.05, 4.69) is 6.92 Å². The number of rotatable bonds is 7. The zero-order chi connectivity index (χ0) is 11.0. The summed E-state index contributed by atoms with van der Waals surface area (Å²) in [6.45, 7) is 6.31. The molecule has 14 heavy (non-hydrogen) atoms. The second kappa shape index (κ2) is 7.42. The lowest BCUT2D eigenvalue weighted by molar-refractivity contribution is -0.114. The van der Waals surface area contributed by atoms with Gasteiger partial charge in [0.05, 0.1) is 12.2 Å². The summed E-state index contributed by atoms with van der Waals surface area (Å²) in [5, 5.41) is 0. The first-order valence-electron chi connectivity index (χ1n) is 5.19. The van der Waals surface area contributed by atoms with Gasteiger partial charge in [-0.3, -0.25) is 4.79 Å². The van der Waals surface area contributed by atoms with Gasteiger partial charge in [0.25, 0.3) is 0 Å². The molecule has 0 aromatic heterocycles. The predicted molar refractivity (Wildman–Crippen MR) is 57.7 cm³/mol. The van der Waals surface area contributed by atoms with Crippen LogP contribution in [0, 0.1) is 0 Å². The van der Waals surface area contributed by atoms with Crippen molar-refractivity contribution in [1.82, 2.24) is 0 Å². The summed E-state index contributed by atoms with van der Waals surface area (Å²) in [6, 6.07) is 0. The standard InChI is InChI=1S/C11H21NO2/c1-4-5-6-7-8-14-10(3)9(2)11(12)13/h4-8H2,1-3H3,(H2,12,13)/b10-9+. The van der Waals surface area contributed by atoms with E-state index >= 15 is 0 Å². The van der Waals surface area contributed by atoms with Gasteiger partial charge in [0, 0.05) is 0 Å². The van der Waals surface area contributed by atoms with E-state index in [4.69, 9.17) is 10.5 Å². The molecule has 3 nitrogen and oxygen atoms in total. The molecule has 0 unspecified atom stereocenters. The highest BCUT2D eigenvalue weighted by molar-refractivity contribution is 5.91. The maximum absolute atomic E-state index is 10.8. The van der Waals surface area contributed by atoms with Crippen molar-refractivity contribution in [3.8, 4) is 0 Å². The highest BCUT2D eigenvalue weighted by Crippen LogP contribution is 2.06. The Morgan fingerprint density at radius 2 is 1.86 bits per heavy atom. The highest BCUT2D eigenvalue weighted by Gasteiger charge is 2.03. The summed E-state index contributed by atoms with van der Waals surface area (Å²) >= 11 is 0. The first kappa shape index (κ1) is 13.0. The Hall–Kier alpha value is -0.990. The van der Waals surface area contributed by atoms with Crippen LogP contribution in [0.2, 0.25) is 0 Å². The molecule has 3 heteroatoms. The van der Waals surface area contributed by atoms with Crippen LogP contribution in [-0.2, 0) is 9.53 Å². The molecule has 0 fully saturated rings. The number of allylic oxidation sites excluding steroid dienone is 1. The molecule has 0 atom stereocenters. The number of primary amides is 1. The molecule has 82 valence electrons. The van der Waals surface area contributed by atoms with Crippen LogP contribution in [0.4, 0.5) is 0 Å². The number of hydrogen-bond donors (Lipinski definition) is 1. The SMILES string of the molecule is CCCCCCO/C(C)=C(\C)C(N)=O. The van der Waals surface area contributed by atoms with E-state index in [9.17, 15) is 4.79 Å². The van der Waals surface area contributed by atoms with E-state index in [-0.39, 0.29) is 0 Å². The number of carbonyl (C=O) groups excluding carboxylic acids is 1. The van der Waals surface area contributed by atoms with E-state index in [1.165, 1.54) is 19.3 Å². The van der Waals surface area contributed by atoms with Crippen LogP contribution in [0.3, 0.4) is 0 Å². The maximum atomic E-state index is 10.8. The second-order valence-electron chi connectivity index (χ2n) is 3.45. The summed E-state index contributed by atoms with van der Waals surface area (Å²) in [7, 11) is 0. The lowest BCUT2D eigenvalue weighted by Gasteiger charge is -2.07. The van der Waals surface area contributed by atoms with E-state index < -0.39 is 5.91 Å². The average Bonchev–Trinajstić information content (AvgIpc) is 2.16. The zero-order valence-corrected chi connectivity index (χ0v) is 9.43.